The zero-order valence-corrected chi connectivity index (χ0v) is 9.88. The number of halogens is 2. The summed E-state index contributed by atoms with van der Waals surface area (Å²) in [6.45, 7) is -0.265. The number of hydrogen-bond acceptors (Lipinski definition) is 4. The second kappa shape index (κ2) is 4.31. The van der Waals surface area contributed by atoms with Crippen molar-refractivity contribution in [3.05, 3.63) is 35.6 Å². The lowest BCUT2D eigenvalue weighted by molar-refractivity contribution is -0.0171. The van der Waals surface area contributed by atoms with E-state index in [4.69, 9.17) is 21.4 Å². The van der Waals surface area contributed by atoms with Crippen molar-refractivity contribution >= 4 is 22.6 Å². The highest BCUT2D eigenvalue weighted by atomic mass is 35.5. The molecule has 3 heterocycles. The third-order valence-corrected chi connectivity index (χ3v) is 3.08. The van der Waals surface area contributed by atoms with E-state index < -0.39 is 18.2 Å². The van der Waals surface area contributed by atoms with Crippen LogP contribution in [0.3, 0.4) is 0 Å². The molecule has 0 spiro atoms. The summed E-state index contributed by atoms with van der Waals surface area (Å²) in [4.78, 5) is 7.91. The summed E-state index contributed by atoms with van der Waals surface area (Å²) in [6.07, 6.45) is 2.64. The molecule has 0 saturated heterocycles. The van der Waals surface area contributed by atoms with Crippen LogP contribution in [0.5, 0.6) is 0 Å². The third-order valence-electron chi connectivity index (χ3n) is 2.78. The minimum absolute atomic E-state index is 0.265. The number of ether oxygens (including phenoxy) is 1. The Morgan fingerprint density at radius 2 is 2.33 bits per heavy atom. The van der Waals surface area contributed by atoms with Crippen molar-refractivity contribution in [1.82, 2.24) is 14.5 Å². The number of nitrogens with zero attached hydrogens (tertiary/aromatic N) is 3. The Morgan fingerprint density at radius 1 is 1.50 bits per heavy atom. The van der Waals surface area contributed by atoms with Crippen LogP contribution < -0.4 is 0 Å². The van der Waals surface area contributed by atoms with Crippen molar-refractivity contribution in [3.63, 3.8) is 0 Å². The van der Waals surface area contributed by atoms with E-state index in [0.29, 0.717) is 16.2 Å². The molecule has 2 unspecified atom stereocenters. The highest BCUT2D eigenvalue weighted by molar-refractivity contribution is 6.33. The van der Waals surface area contributed by atoms with Gasteiger partial charge in [-0.1, -0.05) is 11.6 Å². The molecule has 1 aliphatic heterocycles. The summed E-state index contributed by atoms with van der Waals surface area (Å²) in [5.74, 6) is -0.457. The Labute approximate surface area is 106 Å². The Kier molecular flexibility index (Phi) is 2.77. The Morgan fingerprint density at radius 3 is 3.06 bits per heavy atom. The number of rotatable bonds is 2. The van der Waals surface area contributed by atoms with Crippen molar-refractivity contribution in [2.45, 2.75) is 12.3 Å². The van der Waals surface area contributed by atoms with Gasteiger partial charge in [-0.15, -0.1) is 0 Å². The van der Waals surface area contributed by atoms with Gasteiger partial charge in [0.05, 0.1) is 12.0 Å². The van der Waals surface area contributed by atoms with E-state index >= 15 is 0 Å². The van der Waals surface area contributed by atoms with Crippen LogP contribution in [0.4, 0.5) is 4.39 Å². The van der Waals surface area contributed by atoms with Gasteiger partial charge in [-0.3, -0.25) is 4.57 Å². The van der Waals surface area contributed by atoms with E-state index in [0.717, 1.165) is 0 Å². The van der Waals surface area contributed by atoms with Crippen molar-refractivity contribution in [1.29, 1.82) is 0 Å². The molecule has 0 aliphatic carbocycles. The summed E-state index contributed by atoms with van der Waals surface area (Å²) in [5.41, 5.74) is 0.488. The van der Waals surface area contributed by atoms with Crippen LogP contribution in [-0.2, 0) is 4.74 Å². The van der Waals surface area contributed by atoms with Crippen LogP contribution in [0.15, 0.2) is 30.5 Å². The van der Waals surface area contributed by atoms with E-state index in [9.17, 15) is 4.39 Å². The largest absolute Gasteiger partial charge is 0.393 e. The number of aliphatic hydroxyl groups excluding tert-OH is 1. The predicted molar refractivity (Wildman–Crippen MR) is 62.7 cm³/mol. The monoisotopic (exact) mass is 269 g/mol. The molecule has 0 saturated carbocycles. The van der Waals surface area contributed by atoms with Crippen LogP contribution in [0.25, 0.3) is 11.0 Å². The van der Waals surface area contributed by atoms with E-state index in [2.05, 4.69) is 9.97 Å². The molecule has 0 bridgehead atoms. The molecular weight excluding hydrogens is 261 g/mol. The minimum Gasteiger partial charge on any atom is -0.393 e. The van der Waals surface area contributed by atoms with Gasteiger partial charge < -0.3 is 9.84 Å². The number of aromatic nitrogens is 3. The lowest BCUT2D eigenvalue weighted by atomic mass is 10.3. The van der Waals surface area contributed by atoms with E-state index in [1.165, 1.54) is 17.0 Å². The van der Waals surface area contributed by atoms with Gasteiger partial charge in [0.25, 0.3) is 0 Å². The molecule has 2 aromatic heterocycles. The van der Waals surface area contributed by atoms with E-state index in [1.54, 1.807) is 12.3 Å². The molecular formula is C11H9ClFN3O2. The second-order valence-electron chi connectivity index (χ2n) is 3.89. The standard InChI is InChI=1S/C11H9ClFN3O2/c12-9-7-1-2-16(10(7)15-5-14-9)11-8(13)3-6(4-17)18-11/h1-3,5-6,11,17H,4H2. The first-order chi connectivity index (χ1) is 8.70. The maximum absolute atomic E-state index is 13.7. The number of fused-ring (bicyclic) bond motifs is 1. The average Bonchev–Trinajstić information content (AvgIpc) is 2.93. The zero-order chi connectivity index (χ0) is 12.7. The lowest BCUT2D eigenvalue weighted by Gasteiger charge is -2.15. The fourth-order valence-electron chi connectivity index (χ4n) is 1.95. The van der Waals surface area contributed by atoms with Gasteiger partial charge in [-0.2, -0.15) is 0 Å². The van der Waals surface area contributed by atoms with E-state index in [1.807, 2.05) is 0 Å². The van der Waals surface area contributed by atoms with Crippen LogP contribution >= 0.6 is 11.6 Å². The first-order valence-electron chi connectivity index (χ1n) is 5.31. The van der Waals surface area contributed by atoms with Gasteiger partial charge in [0.1, 0.15) is 29.1 Å². The third kappa shape index (κ3) is 1.69. The Bertz CT molecular complexity index is 628. The molecule has 7 heteroatoms. The van der Waals surface area contributed by atoms with Crippen LogP contribution in [-0.4, -0.2) is 32.4 Å². The molecule has 0 fully saturated rings. The summed E-state index contributed by atoms with van der Waals surface area (Å²) < 4.78 is 20.6. The topological polar surface area (TPSA) is 60.2 Å². The summed E-state index contributed by atoms with van der Waals surface area (Å²) in [5, 5.41) is 9.90. The number of hydrogen-bond donors (Lipinski definition) is 1. The Hall–Kier alpha value is -1.50. The van der Waals surface area contributed by atoms with Gasteiger partial charge in [0.15, 0.2) is 6.23 Å². The van der Waals surface area contributed by atoms with E-state index in [-0.39, 0.29) is 6.61 Å². The minimum atomic E-state index is -0.911. The van der Waals surface area contributed by atoms with Crippen molar-refractivity contribution < 1.29 is 14.2 Å². The lowest BCUT2D eigenvalue weighted by Crippen LogP contribution is -2.15. The van der Waals surface area contributed by atoms with Crippen LogP contribution in [0, 0.1) is 0 Å². The molecule has 1 aliphatic rings. The summed E-state index contributed by atoms with van der Waals surface area (Å²) in [7, 11) is 0. The predicted octanol–water partition coefficient (Wildman–Crippen LogP) is 1.83. The molecule has 3 rings (SSSR count). The molecule has 2 aromatic rings. The fourth-order valence-corrected chi connectivity index (χ4v) is 2.14. The first-order valence-corrected chi connectivity index (χ1v) is 5.69. The smallest absolute Gasteiger partial charge is 0.188 e. The molecule has 0 amide bonds. The van der Waals surface area contributed by atoms with Gasteiger partial charge >= 0.3 is 0 Å². The Balaban J connectivity index is 2.06. The summed E-state index contributed by atoms with van der Waals surface area (Å²) in [6, 6.07) is 1.70. The van der Waals surface area contributed by atoms with Gasteiger partial charge in [-0.25, -0.2) is 14.4 Å². The summed E-state index contributed by atoms with van der Waals surface area (Å²) >= 11 is 5.92. The highest BCUT2D eigenvalue weighted by Gasteiger charge is 2.29. The molecule has 0 radical (unpaired) electrons. The van der Waals surface area contributed by atoms with Gasteiger partial charge in [0, 0.05) is 6.20 Å². The molecule has 2 atom stereocenters. The fraction of sp³-hybridized carbons (Fsp3) is 0.273. The molecule has 0 aromatic carbocycles. The quantitative estimate of drug-likeness (QED) is 0.845. The van der Waals surface area contributed by atoms with Crippen molar-refractivity contribution in [3.8, 4) is 0 Å². The second-order valence-corrected chi connectivity index (χ2v) is 4.24. The maximum Gasteiger partial charge on any atom is 0.188 e. The van der Waals surface area contributed by atoms with Gasteiger partial charge in [0.2, 0.25) is 0 Å². The normalized spacial score (nSPS) is 23.6. The molecule has 18 heavy (non-hydrogen) atoms. The average molecular weight is 270 g/mol. The first kappa shape index (κ1) is 11.6. The van der Waals surface area contributed by atoms with Crippen molar-refractivity contribution in [2.24, 2.45) is 0 Å². The highest BCUT2D eigenvalue weighted by Crippen LogP contribution is 2.33. The molecule has 94 valence electrons. The molecule has 1 N–H and O–H groups in total. The van der Waals surface area contributed by atoms with Crippen LogP contribution in [0.1, 0.15) is 6.23 Å². The molecule has 5 nitrogen and oxygen atoms in total. The van der Waals surface area contributed by atoms with Gasteiger partial charge in [-0.05, 0) is 12.1 Å². The number of aliphatic hydroxyl groups is 1. The maximum atomic E-state index is 13.7. The zero-order valence-electron chi connectivity index (χ0n) is 9.12. The van der Waals surface area contributed by atoms with Crippen molar-refractivity contribution in [2.75, 3.05) is 6.61 Å². The van der Waals surface area contributed by atoms with Crippen LogP contribution in [0.2, 0.25) is 5.15 Å². The SMILES string of the molecule is OCC1C=C(F)C(n2ccc3c(Cl)ncnc32)O1.